The quantitative estimate of drug-likeness (QED) is 0.742. The third-order valence-corrected chi connectivity index (χ3v) is 2.66. The molecule has 0 saturated carbocycles. The Hall–Kier alpha value is -2.01. The molecule has 0 aliphatic carbocycles. The molecule has 2 aromatic rings. The van der Waals surface area contributed by atoms with Crippen LogP contribution in [0.4, 0.5) is 5.82 Å². The molecule has 17 heavy (non-hydrogen) atoms. The number of hydrogen-bond acceptors (Lipinski definition) is 4. The van der Waals surface area contributed by atoms with Crippen LogP contribution in [0.3, 0.4) is 0 Å². The van der Waals surface area contributed by atoms with Crippen molar-refractivity contribution < 1.29 is 9.84 Å². The minimum atomic E-state index is -0.690. The SMILES string of the molecule is COc1ccccc1CC(O)c1cn[nH]c1N. The van der Waals surface area contributed by atoms with Crippen molar-refractivity contribution in [3.63, 3.8) is 0 Å². The van der Waals surface area contributed by atoms with E-state index in [0.717, 1.165) is 11.3 Å². The van der Waals surface area contributed by atoms with Crippen LogP contribution >= 0.6 is 0 Å². The number of methoxy groups -OCH3 is 1. The maximum absolute atomic E-state index is 10.1. The molecule has 1 heterocycles. The van der Waals surface area contributed by atoms with Gasteiger partial charge in [0.05, 0.1) is 19.4 Å². The van der Waals surface area contributed by atoms with E-state index in [9.17, 15) is 5.11 Å². The van der Waals surface area contributed by atoms with Crippen LogP contribution in [-0.4, -0.2) is 22.4 Å². The monoisotopic (exact) mass is 233 g/mol. The lowest BCUT2D eigenvalue weighted by Crippen LogP contribution is -2.05. The van der Waals surface area contributed by atoms with Gasteiger partial charge in [-0.3, -0.25) is 5.10 Å². The topological polar surface area (TPSA) is 84.2 Å². The Morgan fingerprint density at radius 2 is 2.24 bits per heavy atom. The summed E-state index contributed by atoms with van der Waals surface area (Å²) in [6.07, 6.45) is 1.29. The van der Waals surface area contributed by atoms with E-state index in [4.69, 9.17) is 10.5 Å². The summed E-state index contributed by atoms with van der Waals surface area (Å²) < 4.78 is 5.23. The molecule has 0 amide bonds. The number of rotatable bonds is 4. The first-order valence-corrected chi connectivity index (χ1v) is 5.31. The lowest BCUT2D eigenvalue weighted by atomic mass is 10.0. The Balaban J connectivity index is 2.18. The van der Waals surface area contributed by atoms with Gasteiger partial charge in [0.15, 0.2) is 0 Å². The van der Waals surface area contributed by atoms with Crippen LogP contribution in [0.15, 0.2) is 30.5 Å². The molecule has 0 bridgehead atoms. The number of ether oxygens (including phenoxy) is 1. The van der Waals surface area contributed by atoms with E-state index in [0.29, 0.717) is 17.8 Å². The Morgan fingerprint density at radius 3 is 2.88 bits per heavy atom. The fourth-order valence-electron chi connectivity index (χ4n) is 1.76. The van der Waals surface area contributed by atoms with Gasteiger partial charge in [-0.05, 0) is 11.6 Å². The first-order valence-electron chi connectivity index (χ1n) is 5.31. The highest BCUT2D eigenvalue weighted by Gasteiger charge is 2.15. The zero-order valence-corrected chi connectivity index (χ0v) is 9.55. The molecule has 0 saturated heterocycles. The Labute approximate surface area is 99.2 Å². The molecule has 5 heteroatoms. The predicted octanol–water partition coefficient (Wildman–Crippen LogP) is 1.28. The highest BCUT2D eigenvalue weighted by atomic mass is 16.5. The number of hydrogen-bond donors (Lipinski definition) is 3. The number of aromatic nitrogens is 2. The third-order valence-electron chi connectivity index (χ3n) is 2.66. The van der Waals surface area contributed by atoms with Gasteiger partial charge in [0.1, 0.15) is 11.6 Å². The third kappa shape index (κ3) is 2.39. The zero-order chi connectivity index (χ0) is 12.3. The fraction of sp³-hybridized carbons (Fsp3) is 0.250. The van der Waals surface area contributed by atoms with Crippen molar-refractivity contribution in [3.8, 4) is 5.75 Å². The number of benzene rings is 1. The van der Waals surface area contributed by atoms with E-state index < -0.39 is 6.10 Å². The predicted molar refractivity (Wildman–Crippen MR) is 64.7 cm³/mol. The number of anilines is 1. The average Bonchev–Trinajstić information content (AvgIpc) is 2.76. The minimum absolute atomic E-state index is 0.396. The number of aliphatic hydroxyl groups is 1. The fourth-order valence-corrected chi connectivity index (χ4v) is 1.76. The van der Waals surface area contributed by atoms with Crippen molar-refractivity contribution in [2.75, 3.05) is 12.8 Å². The number of nitrogen functional groups attached to an aromatic ring is 1. The summed E-state index contributed by atoms with van der Waals surface area (Å²) >= 11 is 0. The van der Waals surface area contributed by atoms with Crippen molar-refractivity contribution >= 4 is 5.82 Å². The normalized spacial score (nSPS) is 12.4. The van der Waals surface area contributed by atoms with Gasteiger partial charge >= 0.3 is 0 Å². The Bertz CT molecular complexity index is 496. The van der Waals surface area contributed by atoms with Gasteiger partial charge < -0.3 is 15.6 Å². The maximum atomic E-state index is 10.1. The second-order valence-electron chi connectivity index (χ2n) is 3.77. The summed E-state index contributed by atoms with van der Waals surface area (Å²) in [5, 5.41) is 16.5. The summed E-state index contributed by atoms with van der Waals surface area (Å²) in [4.78, 5) is 0. The molecule has 4 N–H and O–H groups in total. The van der Waals surface area contributed by atoms with Crippen LogP contribution in [0.5, 0.6) is 5.75 Å². The highest BCUT2D eigenvalue weighted by Crippen LogP contribution is 2.26. The lowest BCUT2D eigenvalue weighted by Gasteiger charge is -2.12. The number of aromatic amines is 1. The number of aliphatic hydroxyl groups excluding tert-OH is 1. The van der Waals surface area contributed by atoms with Crippen LogP contribution in [0.1, 0.15) is 17.2 Å². The number of nitrogens with zero attached hydrogens (tertiary/aromatic N) is 1. The molecule has 0 fully saturated rings. The van der Waals surface area contributed by atoms with E-state index in [1.165, 1.54) is 6.20 Å². The standard InChI is InChI=1S/C12H15N3O2/c1-17-11-5-3-2-4-8(11)6-10(16)9-7-14-15-12(9)13/h2-5,7,10,16H,6H2,1H3,(H3,13,14,15). The number of para-hydroxylation sites is 1. The second-order valence-corrected chi connectivity index (χ2v) is 3.77. The van der Waals surface area contributed by atoms with Crippen molar-refractivity contribution in [2.24, 2.45) is 0 Å². The van der Waals surface area contributed by atoms with Crippen LogP contribution in [0.2, 0.25) is 0 Å². The molecule has 1 aromatic carbocycles. The number of nitrogens with two attached hydrogens (primary N) is 1. The van der Waals surface area contributed by atoms with Crippen molar-refractivity contribution in [1.82, 2.24) is 10.2 Å². The largest absolute Gasteiger partial charge is 0.496 e. The Morgan fingerprint density at radius 1 is 1.47 bits per heavy atom. The van der Waals surface area contributed by atoms with Gasteiger partial charge in [0.2, 0.25) is 0 Å². The summed E-state index contributed by atoms with van der Waals surface area (Å²) in [5.41, 5.74) is 7.20. The molecule has 0 aliphatic heterocycles. The van der Waals surface area contributed by atoms with E-state index in [1.54, 1.807) is 7.11 Å². The van der Waals surface area contributed by atoms with Crippen molar-refractivity contribution in [2.45, 2.75) is 12.5 Å². The molecule has 5 nitrogen and oxygen atoms in total. The Kier molecular flexibility index (Phi) is 3.30. The molecular weight excluding hydrogens is 218 g/mol. The molecule has 0 spiro atoms. The molecule has 1 atom stereocenters. The first kappa shape index (κ1) is 11.5. The summed E-state index contributed by atoms with van der Waals surface area (Å²) in [7, 11) is 1.61. The average molecular weight is 233 g/mol. The molecule has 0 aliphatic rings. The maximum Gasteiger partial charge on any atom is 0.124 e. The summed E-state index contributed by atoms with van der Waals surface area (Å²) in [6.45, 7) is 0. The molecule has 0 radical (unpaired) electrons. The van der Waals surface area contributed by atoms with Gasteiger partial charge in [-0.15, -0.1) is 0 Å². The van der Waals surface area contributed by atoms with Crippen LogP contribution in [-0.2, 0) is 6.42 Å². The van der Waals surface area contributed by atoms with E-state index >= 15 is 0 Å². The van der Waals surface area contributed by atoms with Gasteiger partial charge in [-0.1, -0.05) is 18.2 Å². The van der Waals surface area contributed by atoms with Gasteiger partial charge in [0.25, 0.3) is 0 Å². The summed E-state index contributed by atoms with van der Waals surface area (Å²) in [5.74, 6) is 1.15. The zero-order valence-electron chi connectivity index (χ0n) is 9.55. The van der Waals surface area contributed by atoms with Crippen LogP contribution in [0, 0.1) is 0 Å². The number of H-pyrrole nitrogens is 1. The van der Waals surface area contributed by atoms with Crippen LogP contribution in [0.25, 0.3) is 0 Å². The van der Waals surface area contributed by atoms with Crippen molar-refractivity contribution in [3.05, 3.63) is 41.6 Å². The van der Waals surface area contributed by atoms with Gasteiger partial charge in [0, 0.05) is 12.0 Å². The second kappa shape index (κ2) is 4.88. The van der Waals surface area contributed by atoms with Crippen LogP contribution < -0.4 is 10.5 Å². The van der Waals surface area contributed by atoms with Crippen molar-refractivity contribution in [1.29, 1.82) is 0 Å². The van der Waals surface area contributed by atoms with E-state index in [1.807, 2.05) is 24.3 Å². The highest BCUT2D eigenvalue weighted by molar-refractivity contribution is 5.41. The minimum Gasteiger partial charge on any atom is -0.496 e. The molecular formula is C12H15N3O2. The first-order chi connectivity index (χ1) is 8.22. The van der Waals surface area contributed by atoms with Gasteiger partial charge in [-0.2, -0.15) is 5.10 Å². The molecule has 1 unspecified atom stereocenters. The lowest BCUT2D eigenvalue weighted by molar-refractivity contribution is 0.178. The number of nitrogens with one attached hydrogen (secondary N) is 1. The van der Waals surface area contributed by atoms with Gasteiger partial charge in [-0.25, -0.2) is 0 Å². The molecule has 90 valence electrons. The summed E-state index contributed by atoms with van der Waals surface area (Å²) in [6, 6.07) is 7.57. The van der Waals surface area contributed by atoms with E-state index in [-0.39, 0.29) is 0 Å². The molecule has 1 aromatic heterocycles. The molecule has 2 rings (SSSR count). The van der Waals surface area contributed by atoms with E-state index in [2.05, 4.69) is 10.2 Å². The smallest absolute Gasteiger partial charge is 0.124 e.